The van der Waals surface area contributed by atoms with Crippen LogP contribution >= 0.6 is 0 Å². The lowest BCUT2D eigenvalue weighted by Gasteiger charge is -2.34. The molecule has 0 heterocycles. The third-order valence-electron chi connectivity index (χ3n) is 3.44. The lowest BCUT2D eigenvalue weighted by molar-refractivity contribution is 0.473. The second-order valence-electron chi connectivity index (χ2n) is 5.39. The van der Waals surface area contributed by atoms with E-state index in [-0.39, 0.29) is 17.3 Å². The standard InChI is InChI=1S/C16H22F2N2/c1-5-13(6-2)20(10-11(3)4)14-8-7-12(9-19)15(17)16(14)18/h7-8,11,13H,5-6,10H2,1-4H3. The Balaban J connectivity index is 3.27. The van der Waals surface area contributed by atoms with Gasteiger partial charge in [0.25, 0.3) is 0 Å². The van der Waals surface area contributed by atoms with Crippen molar-refractivity contribution >= 4 is 5.69 Å². The number of rotatable bonds is 6. The van der Waals surface area contributed by atoms with E-state index in [0.717, 1.165) is 12.8 Å². The Morgan fingerprint density at radius 1 is 1.15 bits per heavy atom. The molecule has 0 saturated heterocycles. The summed E-state index contributed by atoms with van der Waals surface area (Å²) >= 11 is 0. The molecule has 1 aromatic carbocycles. The molecule has 0 atom stereocenters. The van der Waals surface area contributed by atoms with Gasteiger partial charge in [-0.25, -0.2) is 8.78 Å². The first-order valence-corrected chi connectivity index (χ1v) is 7.10. The third kappa shape index (κ3) is 3.47. The number of halogens is 2. The van der Waals surface area contributed by atoms with Crippen LogP contribution in [0.15, 0.2) is 12.1 Å². The van der Waals surface area contributed by atoms with Crippen LogP contribution in [-0.2, 0) is 0 Å². The second kappa shape index (κ2) is 7.23. The van der Waals surface area contributed by atoms with Crippen LogP contribution in [0, 0.1) is 28.9 Å². The average molecular weight is 280 g/mol. The van der Waals surface area contributed by atoms with Crippen LogP contribution in [-0.4, -0.2) is 12.6 Å². The fraction of sp³-hybridized carbons (Fsp3) is 0.562. The number of benzene rings is 1. The first-order chi connectivity index (χ1) is 9.46. The molecule has 20 heavy (non-hydrogen) atoms. The van der Waals surface area contributed by atoms with Crippen molar-refractivity contribution in [2.75, 3.05) is 11.4 Å². The van der Waals surface area contributed by atoms with Gasteiger partial charge in [0.15, 0.2) is 11.6 Å². The van der Waals surface area contributed by atoms with Crippen molar-refractivity contribution in [3.8, 4) is 6.07 Å². The quantitative estimate of drug-likeness (QED) is 0.767. The molecule has 0 N–H and O–H groups in total. The first kappa shape index (κ1) is 16.4. The highest BCUT2D eigenvalue weighted by atomic mass is 19.2. The summed E-state index contributed by atoms with van der Waals surface area (Å²) in [6.07, 6.45) is 1.73. The normalized spacial score (nSPS) is 10.9. The van der Waals surface area contributed by atoms with E-state index in [1.807, 2.05) is 32.6 Å². The molecule has 0 saturated carbocycles. The first-order valence-electron chi connectivity index (χ1n) is 7.10. The average Bonchev–Trinajstić information content (AvgIpc) is 2.42. The van der Waals surface area contributed by atoms with Gasteiger partial charge in [-0.3, -0.25) is 0 Å². The molecule has 4 heteroatoms. The predicted molar refractivity (Wildman–Crippen MR) is 77.6 cm³/mol. The van der Waals surface area contributed by atoms with Gasteiger partial charge in [-0.15, -0.1) is 0 Å². The molecule has 110 valence electrons. The highest BCUT2D eigenvalue weighted by molar-refractivity contribution is 5.52. The predicted octanol–water partition coefficient (Wildman–Crippen LogP) is 4.49. The van der Waals surface area contributed by atoms with E-state index in [0.29, 0.717) is 12.5 Å². The minimum absolute atomic E-state index is 0.166. The number of nitrogens with zero attached hydrogens (tertiary/aromatic N) is 2. The van der Waals surface area contributed by atoms with E-state index < -0.39 is 11.6 Å². The lowest BCUT2D eigenvalue weighted by Crippen LogP contribution is -2.38. The van der Waals surface area contributed by atoms with Crippen LogP contribution in [0.2, 0.25) is 0 Å². The summed E-state index contributed by atoms with van der Waals surface area (Å²) in [5.74, 6) is -1.63. The van der Waals surface area contributed by atoms with Gasteiger partial charge < -0.3 is 4.90 Å². The number of nitriles is 1. The second-order valence-corrected chi connectivity index (χ2v) is 5.39. The summed E-state index contributed by atoms with van der Waals surface area (Å²) in [7, 11) is 0. The summed E-state index contributed by atoms with van der Waals surface area (Å²) in [5.41, 5.74) is 0.00388. The van der Waals surface area contributed by atoms with Crippen molar-refractivity contribution < 1.29 is 8.78 Å². The largest absolute Gasteiger partial charge is 0.366 e. The van der Waals surface area contributed by atoms with Crippen molar-refractivity contribution in [3.05, 3.63) is 29.3 Å². The highest BCUT2D eigenvalue weighted by Crippen LogP contribution is 2.28. The zero-order valence-electron chi connectivity index (χ0n) is 12.6. The van der Waals surface area contributed by atoms with Crippen LogP contribution < -0.4 is 4.90 Å². The zero-order chi connectivity index (χ0) is 15.3. The lowest BCUT2D eigenvalue weighted by atomic mass is 10.0. The smallest absolute Gasteiger partial charge is 0.183 e. The highest BCUT2D eigenvalue weighted by Gasteiger charge is 2.23. The molecule has 0 spiro atoms. The van der Waals surface area contributed by atoms with E-state index in [9.17, 15) is 8.78 Å². The van der Waals surface area contributed by atoms with Crippen LogP contribution in [0.25, 0.3) is 0 Å². The van der Waals surface area contributed by atoms with E-state index in [1.54, 1.807) is 6.07 Å². The van der Waals surface area contributed by atoms with Crippen molar-refractivity contribution in [1.82, 2.24) is 0 Å². The van der Waals surface area contributed by atoms with Crippen molar-refractivity contribution in [1.29, 1.82) is 5.26 Å². The van der Waals surface area contributed by atoms with Crippen molar-refractivity contribution in [2.24, 2.45) is 5.92 Å². The SMILES string of the molecule is CCC(CC)N(CC(C)C)c1ccc(C#N)c(F)c1F. The Bertz CT molecular complexity index is 488. The molecule has 0 radical (unpaired) electrons. The fourth-order valence-corrected chi connectivity index (χ4v) is 2.41. The monoisotopic (exact) mass is 280 g/mol. The van der Waals surface area contributed by atoms with Crippen molar-refractivity contribution in [2.45, 2.75) is 46.6 Å². The third-order valence-corrected chi connectivity index (χ3v) is 3.44. The van der Waals surface area contributed by atoms with E-state index in [2.05, 4.69) is 0 Å². The van der Waals surface area contributed by atoms with Gasteiger partial charge in [-0.2, -0.15) is 5.26 Å². The molecule has 0 aliphatic rings. The van der Waals surface area contributed by atoms with Gasteiger partial charge >= 0.3 is 0 Å². The summed E-state index contributed by atoms with van der Waals surface area (Å²) in [4.78, 5) is 1.92. The molecular weight excluding hydrogens is 258 g/mol. The molecule has 2 nitrogen and oxygen atoms in total. The van der Waals surface area contributed by atoms with Crippen LogP contribution in [0.1, 0.15) is 46.1 Å². The summed E-state index contributed by atoms with van der Waals surface area (Å²) in [6, 6.07) is 4.69. The summed E-state index contributed by atoms with van der Waals surface area (Å²) in [5, 5.41) is 8.75. The number of hydrogen-bond donors (Lipinski definition) is 0. The van der Waals surface area contributed by atoms with Gasteiger partial charge in [0.05, 0.1) is 11.3 Å². The Kier molecular flexibility index (Phi) is 5.94. The molecule has 0 fully saturated rings. The van der Waals surface area contributed by atoms with Gasteiger partial charge in [-0.05, 0) is 30.9 Å². The van der Waals surface area contributed by atoms with Crippen molar-refractivity contribution in [3.63, 3.8) is 0 Å². The Morgan fingerprint density at radius 3 is 2.20 bits per heavy atom. The Morgan fingerprint density at radius 2 is 1.75 bits per heavy atom. The molecule has 0 aromatic heterocycles. The molecular formula is C16H22F2N2. The van der Waals surface area contributed by atoms with E-state index >= 15 is 0 Å². The molecule has 0 unspecified atom stereocenters. The summed E-state index contributed by atoms with van der Waals surface area (Å²) < 4.78 is 28.0. The minimum atomic E-state index is -1.05. The maximum absolute atomic E-state index is 14.2. The maximum atomic E-state index is 14.2. The Labute approximate surface area is 120 Å². The molecule has 1 aromatic rings. The van der Waals surface area contributed by atoms with Gasteiger partial charge in [0.2, 0.25) is 0 Å². The van der Waals surface area contributed by atoms with Gasteiger partial charge in [-0.1, -0.05) is 27.7 Å². The number of hydrogen-bond acceptors (Lipinski definition) is 2. The van der Waals surface area contributed by atoms with Crippen LogP contribution in [0.4, 0.5) is 14.5 Å². The minimum Gasteiger partial charge on any atom is -0.366 e. The molecule has 0 aliphatic heterocycles. The molecule has 0 amide bonds. The van der Waals surface area contributed by atoms with Gasteiger partial charge in [0.1, 0.15) is 6.07 Å². The molecule has 0 bridgehead atoms. The molecule has 0 aliphatic carbocycles. The summed E-state index contributed by atoms with van der Waals surface area (Å²) in [6.45, 7) is 8.84. The van der Waals surface area contributed by atoms with Crippen LogP contribution in [0.5, 0.6) is 0 Å². The number of anilines is 1. The van der Waals surface area contributed by atoms with E-state index in [4.69, 9.17) is 5.26 Å². The molecule has 1 rings (SSSR count). The van der Waals surface area contributed by atoms with Gasteiger partial charge in [0, 0.05) is 12.6 Å². The fourth-order valence-electron chi connectivity index (χ4n) is 2.41. The Hall–Kier alpha value is -1.63. The van der Waals surface area contributed by atoms with Crippen LogP contribution in [0.3, 0.4) is 0 Å². The maximum Gasteiger partial charge on any atom is 0.183 e. The zero-order valence-corrected chi connectivity index (χ0v) is 12.6. The van der Waals surface area contributed by atoms with E-state index in [1.165, 1.54) is 12.1 Å². The topological polar surface area (TPSA) is 27.0 Å².